The Bertz CT molecular complexity index is 1290. The highest BCUT2D eigenvalue weighted by molar-refractivity contribution is 6.04. The Morgan fingerprint density at radius 3 is 2.23 bits per heavy atom. The van der Waals surface area contributed by atoms with Gasteiger partial charge in [-0.3, -0.25) is 9.59 Å². The lowest BCUT2D eigenvalue weighted by atomic mass is 10.1. The summed E-state index contributed by atoms with van der Waals surface area (Å²) in [4.78, 5) is 27.7. The molecule has 3 N–H and O–H groups in total. The first-order chi connectivity index (χ1) is 16.9. The Morgan fingerprint density at radius 2 is 1.57 bits per heavy atom. The van der Waals surface area contributed by atoms with Gasteiger partial charge in [0.1, 0.15) is 11.3 Å². The lowest BCUT2D eigenvalue weighted by Gasteiger charge is -2.23. The number of nitrogens with two attached hydrogens (primary N) is 1. The molecule has 0 radical (unpaired) electrons. The number of hydrogen-bond donors (Lipinski definition) is 2. The van der Waals surface area contributed by atoms with Crippen LogP contribution in [0, 0.1) is 13.8 Å². The molecule has 7 heteroatoms. The Hall–Kier alpha value is -4.23. The quantitative estimate of drug-likeness (QED) is 0.385. The summed E-state index contributed by atoms with van der Waals surface area (Å²) in [5.74, 6) is 0.168. The van der Waals surface area contributed by atoms with Crippen molar-refractivity contribution in [2.45, 2.75) is 33.5 Å². The Balaban J connectivity index is 1.54. The summed E-state index contributed by atoms with van der Waals surface area (Å²) >= 11 is 0. The molecule has 0 aliphatic rings. The second kappa shape index (κ2) is 10.8. The van der Waals surface area contributed by atoms with E-state index in [1.165, 1.54) is 0 Å². The summed E-state index contributed by atoms with van der Waals surface area (Å²) < 4.78 is 5.24. The number of aromatic nitrogens is 1. The summed E-state index contributed by atoms with van der Waals surface area (Å²) in [5, 5.41) is 6.85. The number of carbonyl (C=O) groups is 2. The Labute approximate surface area is 204 Å². The smallest absolute Gasteiger partial charge is 0.259 e. The maximum atomic E-state index is 13.5. The molecule has 0 bridgehead atoms. The molecule has 0 fully saturated rings. The zero-order valence-electron chi connectivity index (χ0n) is 19.8. The van der Waals surface area contributed by atoms with Crippen LogP contribution in [0.4, 0.5) is 5.69 Å². The van der Waals surface area contributed by atoms with Crippen LogP contribution in [0.5, 0.6) is 0 Å². The van der Waals surface area contributed by atoms with Crippen molar-refractivity contribution >= 4 is 17.5 Å². The molecule has 0 aliphatic heterocycles. The number of carbonyl (C=O) groups excluding carboxylic acids is 2. The lowest BCUT2D eigenvalue weighted by Crippen LogP contribution is -2.31. The third kappa shape index (κ3) is 5.83. The number of benzene rings is 3. The maximum Gasteiger partial charge on any atom is 0.259 e. The van der Waals surface area contributed by atoms with E-state index in [9.17, 15) is 9.59 Å². The van der Waals surface area contributed by atoms with E-state index in [2.05, 4.69) is 10.5 Å². The molecule has 35 heavy (non-hydrogen) atoms. The summed E-state index contributed by atoms with van der Waals surface area (Å²) in [6.45, 7) is 4.72. The minimum atomic E-state index is -0.173. The van der Waals surface area contributed by atoms with Crippen molar-refractivity contribution in [3.63, 3.8) is 0 Å². The van der Waals surface area contributed by atoms with E-state index in [-0.39, 0.29) is 11.8 Å². The van der Waals surface area contributed by atoms with Gasteiger partial charge in [-0.2, -0.15) is 0 Å². The van der Waals surface area contributed by atoms with E-state index in [4.69, 9.17) is 10.3 Å². The van der Waals surface area contributed by atoms with Crippen LogP contribution in [0.15, 0.2) is 83.4 Å². The first-order valence-electron chi connectivity index (χ1n) is 11.4. The fourth-order valence-electron chi connectivity index (χ4n) is 3.93. The normalized spacial score (nSPS) is 10.7. The molecule has 0 saturated heterocycles. The van der Waals surface area contributed by atoms with Gasteiger partial charge in [0, 0.05) is 30.9 Å². The third-order valence-corrected chi connectivity index (χ3v) is 5.76. The van der Waals surface area contributed by atoms with E-state index >= 15 is 0 Å². The largest absolute Gasteiger partial charge is 0.361 e. The molecule has 4 rings (SSSR count). The molecule has 178 valence electrons. The molecule has 0 spiro atoms. The van der Waals surface area contributed by atoms with Gasteiger partial charge in [0.05, 0.1) is 5.69 Å². The summed E-state index contributed by atoms with van der Waals surface area (Å²) in [6.07, 6.45) is 0. The van der Waals surface area contributed by atoms with Gasteiger partial charge in [-0.25, -0.2) is 0 Å². The van der Waals surface area contributed by atoms with Gasteiger partial charge >= 0.3 is 0 Å². The average molecular weight is 469 g/mol. The summed E-state index contributed by atoms with van der Waals surface area (Å²) in [5.41, 5.74) is 11.0. The highest BCUT2D eigenvalue weighted by Crippen LogP contribution is 2.21. The number of nitrogens with one attached hydrogen (secondary N) is 1. The van der Waals surface area contributed by atoms with Gasteiger partial charge in [0.15, 0.2) is 0 Å². The molecule has 1 aromatic heterocycles. The lowest BCUT2D eigenvalue weighted by molar-refractivity contribution is 0.0727. The first-order valence-corrected chi connectivity index (χ1v) is 11.4. The van der Waals surface area contributed by atoms with E-state index in [0.29, 0.717) is 47.9 Å². The standard InChI is InChI=1S/C28H28N4O3/c1-19-26(20(2)35-31-19)28(34)32(18-23-8-6-7-22(15-23)16-29)17-21-11-13-25(14-12-21)30-27(33)24-9-4-3-5-10-24/h3-15H,16-18,29H2,1-2H3,(H,30,33). The Morgan fingerprint density at radius 1 is 0.886 bits per heavy atom. The second-order valence-electron chi connectivity index (χ2n) is 8.40. The minimum Gasteiger partial charge on any atom is -0.361 e. The zero-order valence-corrected chi connectivity index (χ0v) is 19.8. The molecule has 0 atom stereocenters. The molecule has 0 saturated carbocycles. The van der Waals surface area contributed by atoms with Crippen LogP contribution in [0.3, 0.4) is 0 Å². The molecular formula is C28H28N4O3. The van der Waals surface area contributed by atoms with E-state index in [0.717, 1.165) is 16.7 Å². The molecular weight excluding hydrogens is 440 g/mol. The number of amides is 2. The number of aryl methyl sites for hydroxylation is 2. The van der Waals surface area contributed by atoms with Crippen molar-refractivity contribution in [2.24, 2.45) is 5.73 Å². The fourth-order valence-corrected chi connectivity index (χ4v) is 3.93. The predicted octanol–water partition coefficient (Wildman–Crippen LogP) is 4.85. The van der Waals surface area contributed by atoms with Crippen molar-refractivity contribution in [2.75, 3.05) is 5.32 Å². The van der Waals surface area contributed by atoms with Crippen LogP contribution in [-0.2, 0) is 19.6 Å². The van der Waals surface area contributed by atoms with Gasteiger partial charge in [-0.1, -0.05) is 59.8 Å². The first kappa shape index (κ1) is 23.9. The van der Waals surface area contributed by atoms with E-state index in [1.54, 1.807) is 30.9 Å². The van der Waals surface area contributed by atoms with Crippen molar-refractivity contribution < 1.29 is 14.1 Å². The molecule has 0 unspecified atom stereocenters. The molecule has 2 amide bonds. The van der Waals surface area contributed by atoms with Gasteiger partial charge in [-0.15, -0.1) is 0 Å². The van der Waals surface area contributed by atoms with Crippen molar-refractivity contribution in [3.8, 4) is 0 Å². The fraction of sp³-hybridized carbons (Fsp3) is 0.179. The van der Waals surface area contributed by atoms with Gasteiger partial charge in [0.25, 0.3) is 11.8 Å². The van der Waals surface area contributed by atoms with E-state index < -0.39 is 0 Å². The molecule has 1 heterocycles. The number of anilines is 1. The second-order valence-corrected chi connectivity index (χ2v) is 8.40. The van der Waals surface area contributed by atoms with Crippen molar-refractivity contribution in [3.05, 3.63) is 118 Å². The molecule has 0 aliphatic carbocycles. The van der Waals surface area contributed by atoms with Gasteiger partial charge in [-0.05, 0) is 54.8 Å². The van der Waals surface area contributed by atoms with E-state index in [1.807, 2.05) is 66.7 Å². The zero-order chi connectivity index (χ0) is 24.8. The highest BCUT2D eigenvalue weighted by Gasteiger charge is 2.24. The number of rotatable bonds is 8. The maximum absolute atomic E-state index is 13.5. The van der Waals surface area contributed by atoms with Crippen LogP contribution in [0.1, 0.15) is 48.9 Å². The van der Waals surface area contributed by atoms with Crippen LogP contribution >= 0.6 is 0 Å². The van der Waals surface area contributed by atoms with Crippen LogP contribution in [0.2, 0.25) is 0 Å². The van der Waals surface area contributed by atoms with Gasteiger partial charge < -0.3 is 20.5 Å². The average Bonchev–Trinajstić information content (AvgIpc) is 3.22. The molecule has 4 aromatic rings. The van der Waals surface area contributed by atoms with Crippen LogP contribution in [-0.4, -0.2) is 21.9 Å². The molecule has 7 nitrogen and oxygen atoms in total. The Kier molecular flexibility index (Phi) is 7.38. The van der Waals surface area contributed by atoms with Crippen molar-refractivity contribution in [1.29, 1.82) is 0 Å². The summed E-state index contributed by atoms with van der Waals surface area (Å²) in [7, 11) is 0. The third-order valence-electron chi connectivity index (χ3n) is 5.76. The molecule has 3 aromatic carbocycles. The van der Waals surface area contributed by atoms with Gasteiger partial charge in [0.2, 0.25) is 0 Å². The predicted molar refractivity (Wildman–Crippen MR) is 135 cm³/mol. The minimum absolute atomic E-state index is 0.152. The topological polar surface area (TPSA) is 101 Å². The van der Waals surface area contributed by atoms with Crippen molar-refractivity contribution in [1.82, 2.24) is 10.1 Å². The summed E-state index contributed by atoms with van der Waals surface area (Å²) in [6, 6.07) is 24.4. The number of nitrogens with zero attached hydrogens (tertiary/aromatic N) is 2. The van der Waals surface area contributed by atoms with Crippen LogP contribution in [0.25, 0.3) is 0 Å². The number of hydrogen-bond acceptors (Lipinski definition) is 5. The highest BCUT2D eigenvalue weighted by atomic mass is 16.5. The monoisotopic (exact) mass is 468 g/mol. The SMILES string of the molecule is Cc1noc(C)c1C(=O)N(Cc1ccc(NC(=O)c2ccccc2)cc1)Cc1cccc(CN)c1. The van der Waals surface area contributed by atoms with Crippen LogP contribution < -0.4 is 11.1 Å².